The van der Waals surface area contributed by atoms with Crippen molar-refractivity contribution >= 4 is 23.1 Å². The molecule has 0 amide bonds. The van der Waals surface area contributed by atoms with Gasteiger partial charge in [0, 0.05) is 5.75 Å². The van der Waals surface area contributed by atoms with E-state index in [0.29, 0.717) is 0 Å². The normalized spacial score (nSPS) is 12.6. The Kier molecular flexibility index (Phi) is 13.3. The largest absolute Gasteiger partial charge is 0.252 e. The van der Waals surface area contributed by atoms with Crippen molar-refractivity contribution in [2.24, 2.45) is 5.92 Å². The van der Waals surface area contributed by atoms with Gasteiger partial charge in [-0.25, -0.2) is 0 Å². The number of rotatable bonds is 15. The number of thiazole rings is 1. The Balaban J connectivity index is 2.17. The number of thioether (sulfide) groups is 1. The summed E-state index contributed by atoms with van der Waals surface area (Å²) >= 11 is 3.81. The predicted octanol–water partition coefficient (Wildman–Crippen LogP) is 7.57. The molecule has 0 saturated carbocycles. The van der Waals surface area contributed by atoms with E-state index in [1.807, 2.05) is 23.5 Å². The number of unbranched alkanes of at least 4 members (excludes halogenated alkanes) is 8. The smallest absolute Gasteiger partial charge is 0.0803 e. The van der Waals surface area contributed by atoms with Crippen molar-refractivity contribution in [1.29, 1.82) is 0 Å². The molecule has 0 spiro atoms. The van der Waals surface area contributed by atoms with Crippen LogP contribution >= 0.6 is 23.1 Å². The van der Waals surface area contributed by atoms with E-state index < -0.39 is 0 Å². The lowest BCUT2D eigenvalue weighted by molar-refractivity contribution is 0.440. The van der Waals surface area contributed by atoms with Gasteiger partial charge in [-0.2, -0.15) is 0 Å². The van der Waals surface area contributed by atoms with Crippen LogP contribution in [-0.2, 0) is 0 Å². The van der Waals surface area contributed by atoms with Crippen LogP contribution < -0.4 is 0 Å². The molecule has 1 aromatic rings. The van der Waals surface area contributed by atoms with E-state index in [9.17, 15) is 0 Å². The van der Waals surface area contributed by atoms with Crippen molar-refractivity contribution in [3.05, 3.63) is 11.7 Å². The lowest BCUT2D eigenvalue weighted by atomic mass is 9.96. The first-order valence-electron chi connectivity index (χ1n) is 9.38. The fourth-order valence-corrected chi connectivity index (χ4v) is 4.68. The second-order valence-corrected chi connectivity index (χ2v) is 8.61. The summed E-state index contributed by atoms with van der Waals surface area (Å²) in [6.07, 6.45) is 19.0. The first-order valence-corrected chi connectivity index (χ1v) is 11.2. The maximum atomic E-state index is 4.19. The van der Waals surface area contributed by atoms with Crippen LogP contribution in [0.2, 0.25) is 0 Å². The van der Waals surface area contributed by atoms with E-state index in [1.54, 1.807) is 11.3 Å². The minimum atomic E-state index is 0.912. The van der Waals surface area contributed by atoms with Crippen molar-refractivity contribution in [2.45, 2.75) is 95.1 Å². The number of nitrogens with zero attached hydrogens (tertiary/aromatic N) is 1. The third-order valence-corrected chi connectivity index (χ3v) is 6.54. The van der Waals surface area contributed by atoms with Gasteiger partial charge in [-0.1, -0.05) is 78.1 Å². The molecule has 3 heteroatoms. The molecule has 0 radical (unpaired) electrons. The summed E-state index contributed by atoms with van der Waals surface area (Å²) in [6, 6.07) is 0. The highest BCUT2D eigenvalue weighted by Crippen LogP contribution is 2.29. The number of aromatic nitrogens is 1. The minimum absolute atomic E-state index is 0.912. The monoisotopic (exact) mass is 341 g/mol. The van der Waals surface area contributed by atoms with Gasteiger partial charge in [-0.3, -0.25) is 4.98 Å². The highest BCUT2D eigenvalue weighted by molar-refractivity contribution is 8.01. The zero-order valence-corrected chi connectivity index (χ0v) is 16.3. The molecular weight excluding hydrogens is 306 g/mol. The average molecular weight is 342 g/mol. The van der Waals surface area contributed by atoms with Gasteiger partial charge in [-0.05, 0) is 18.8 Å². The molecular formula is C19H35NS2. The van der Waals surface area contributed by atoms with Crippen molar-refractivity contribution in [3.63, 3.8) is 0 Å². The van der Waals surface area contributed by atoms with E-state index in [4.69, 9.17) is 0 Å². The van der Waals surface area contributed by atoms with Gasteiger partial charge < -0.3 is 0 Å². The van der Waals surface area contributed by atoms with Gasteiger partial charge in [-0.15, -0.1) is 23.1 Å². The lowest BCUT2D eigenvalue weighted by Crippen LogP contribution is -2.04. The molecule has 0 N–H and O–H groups in total. The Morgan fingerprint density at radius 3 is 2.09 bits per heavy atom. The van der Waals surface area contributed by atoms with Crippen LogP contribution in [0.1, 0.15) is 90.9 Å². The van der Waals surface area contributed by atoms with Gasteiger partial charge >= 0.3 is 0 Å². The van der Waals surface area contributed by atoms with Gasteiger partial charge in [0.2, 0.25) is 0 Å². The number of hydrogen-bond acceptors (Lipinski definition) is 3. The molecule has 0 aliphatic rings. The van der Waals surface area contributed by atoms with Crippen LogP contribution in [0, 0.1) is 5.92 Å². The molecule has 0 saturated heterocycles. The van der Waals surface area contributed by atoms with E-state index in [-0.39, 0.29) is 0 Å². The Bertz CT molecular complexity index is 324. The fourth-order valence-electron chi connectivity index (χ4n) is 2.86. The molecule has 0 fully saturated rings. The summed E-state index contributed by atoms with van der Waals surface area (Å²) in [5.41, 5.74) is 1.95. The Morgan fingerprint density at radius 1 is 0.909 bits per heavy atom. The molecule has 1 aromatic heterocycles. The lowest BCUT2D eigenvalue weighted by Gasteiger charge is -2.16. The van der Waals surface area contributed by atoms with Crippen molar-refractivity contribution in [3.8, 4) is 0 Å². The highest BCUT2D eigenvalue weighted by atomic mass is 32.2. The second kappa shape index (κ2) is 14.6. The van der Waals surface area contributed by atoms with Crippen LogP contribution in [0.15, 0.2) is 15.9 Å². The van der Waals surface area contributed by atoms with Crippen molar-refractivity contribution < 1.29 is 0 Å². The highest BCUT2D eigenvalue weighted by Gasteiger charge is 2.10. The molecule has 0 bridgehead atoms. The summed E-state index contributed by atoms with van der Waals surface area (Å²) in [5.74, 6) is 2.21. The fraction of sp³-hybridized carbons (Fsp3) is 0.842. The summed E-state index contributed by atoms with van der Waals surface area (Å²) in [4.78, 5) is 4.19. The van der Waals surface area contributed by atoms with Crippen LogP contribution in [-0.4, -0.2) is 10.7 Å². The quantitative estimate of drug-likeness (QED) is 0.241. The maximum absolute atomic E-state index is 4.19. The zero-order valence-electron chi connectivity index (χ0n) is 14.7. The molecule has 128 valence electrons. The van der Waals surface area contributed by atoms with Crippen LogP contribution in [0.4, 0.5) is 0 Å². The van der Waals surface area contributed by atoms with E-state index in [0.717, 1.165) is 5.92 Å². The summed E-state index contributed by atoms with van der Waals surface area (Å²) in [6.45, 7) is 4.59. The minimum Gasteiger partial charge on any atom is -0.252 e. The predicted molar refractivity (Wildman–Crippen MR) is 103 cm³/mol. The maximum Gasteiger partial charge on any atom is 0.0803 e. The average Bonchev–Trinajstić information content (AvgIpc) is 3.05. The van der Waals surface area contributed by atoms with E-state index in [1.165, 1.54) is 87.0 Å². The SMILES string of the molecule is CCCCCCCCC(CCCCCC)CSc1cncs1. The molecule has 1 unspecified atom stereocenters. The van der Waals surface area contributed by atoms with Gasteiger partial charge in [0.05, 0.1) is 15.9 Å². The first-order chi connectivity index (χ1) is 10.9. The zero-order chi connectivity index (χ0) is 15.9. The van der Waals surface area contributed by atoms with Crippen LogP contribution in [0.3, 0.4) is 0 Å². The third kappa shape index (κ3) is 10.7. The summed E-state index contributed by atoms with van der Waals surface area (Å²) in [5, 5.41) is 0. The molecule has 1 rings (SSSR count). The number of hydrogen-bond donors (Lipinski definition) is 0. The van der Waals surface area contributed by atoms with Crippen molar-refractivity contribution in [2.75, 3.05) is 5.75 Å². The molecule has 0 aromatic carbocycles. The topological polar surface area (TPSA) is 12.9 Å². The molecule has 1 nitrogen and oxygen atoms in total. The molecule has 0 aliphatic carbocycles. The Hall–Kier alpha value is -0.0200. The van der Waals surface area contributed by atoms with Gasteiger partial charge in [0.1, 0.15) is 0 Å². The molecule has 22 heavy (non-hydrogen) atoms. The van der Waals surface area contributed by atoms with E-state index in [2.05, 4.69) is 18.8 Å². The Morgan fingerprint density at radius 2 is 1.50 bits per heavy atom. The second-order valence-electron chi connectivity index (χ2n) is 6.40. The molecule has 1 atom stereocenters. The van der Waals surface area contributed by atoms with Gasteiger partial charge in [0.15, 0.2) is 0 Å². The van der Waals surface area contributed by atoms with Gasteiger partial charge in [0.25, 0.3) is 0 Å². The van der Waals surface area contributed by atoms with Crippen LogP contribution in [0.5, 0.6) is 0 Å². The standard InChI is InChI=1S/C19H35NS2/c1-3-5-7-9-10-12-14-18(13-11-8-6-4-2)16-21-19-15-20-17-22-19/h15,17-18H,3-14,16H2,1-2H3. The first kappa shape index (κ1) is 20.0. The molecule has 1 heterocycles. The molecule has 0 aliphatic heterocycles. The third-order valence-electron chi connectivity index (χ3n) is 4.30. The van der Waals surface area contributed by atoms with E-state index >= 15 is 0 Å². The Labute approximate surface area is 146 Å². The van der Waals surface area contributed by atoms with Crippen molar-refractivity contribution in [1.82, 2.24) is 4.98 Å². The van der Waals surface area contributed by atoms with Crippen LogP contribution in [0.25, 0.3) is 0 Å². The summed E-state index contributed by atoms with van der Waals surface area (Å²) in [7, 11) is 0. The summed E-state index contributed by atoms with van der Waals surface area (Å²) < 4.78 is 1.39.